The number of fused-ring (bicyclic) bond motifs is 1. The summed E-state index contributed by atoms with van der Waals surface area (Å²) in [5.74, 6) is -0.00276. The van der Waals surface area contributed by atoms with Crippen molar-refractivity contribution in [2.24, 2.45) is 5.92 Å². The maximum Gasteiger partial charge on any atom is 0.230 e. The fourth-order valence-electron chi connectivity index (χ4n) is 3.20. The molecule has 0 N–H and O–H groups in total. The molecule has 1 heterocycles. The Kier molecular flexibility index (Phi) is 3.06. The highest BCUT2D eigenvalue weighted by atomic mass is 19.1. The van der Waals surface area contributed by atoms with Gasteiger partial charge < -0.3 is 4.90 Å². The van der Waals surface area contributed by atoms with Gasteiger partial charge in [0, 0.05) is 12.5 Å². The minimum atomic E-state index is -0.255. The predicted molar refractivity (Wildman–Crippen MR) is 69.0 cm³/mol. The zero-order valence-corrected chi connectivity index (χ0v) is 10.5. The lowest BCUT2D eigenvalue weighted by atomic mass is 9.88. The smallest absolute Gasteiger partial charge is 0.230 e. The summed E-state index contributed by atoms with van der Waals surface area (Å²) >= 11 is 0. The Morgan fingerprint density at radius 1 is 1.22 bits per heavy atom. The maximum absolute atomic E-state index is 13.9. The summed E-state index contributed by atoms with van der Waals surface area (Å²) in [5.41, 5.74) is 1.51. The maximum atomic E-state index is 13.9. The Morgan fingerprint density at radius 2 is 2.00 bits per heavy atom. The number of hydrogen-bond acceptors (Lipinski definition) is 1. The summed E-state index contributed by atoms with van der Waals surface area (Å²) in [7, 11) is 0. The van der Waals surface area contributed by atoms with E-state index in [9.17, 15) is 9.18 Å². The van der Waals surface area contributed by atoms with E-state index in [4.69, 9.17) is 0 Å². The zero-order chi connectivity index (χ0) is 12.5. The zero-order valence-electron chi connectivity index (χ0n) is 10.5. The highest BCUT2D eigenvalue weighted by Gasteiger charge is 2.32. The second-order valence-corrected chi connectivity index (χ2v) is 5.32. The van der Waals surface area contributed by atoms with E-state index in [0.29, 0.717) is 12.2 Å². The van der Waals surface area contributed by atoms with Crippen LogP contribution in [0.3, 0.4) is 0 Å². The van der Waals surface area contributed by atoms with Crippen LogP contribution in [0.25, 0.3) is 0 Å². The van der Waals surface area contributed by atoms with Gasteiger partial charge in [0.2, 0.25) is 5.91 Å². The summed E-state index contributed by atoms with van der Waals surface area (Å²) in [6, 6.07) is 5.10. The molecule has 3 heteroatoms. The summed E-state index contributed by atoms with van der Waals surface area (Å²) in [4.78, 5) is 14.2. The Balaban J connectivity index is 1.85. The van der Waals surface area contributed by atoms with Crippen molar-refractivity contribution in [3.05, 3.63) is 29.6 Å². The van der Waals surface area contributed by atoms with Crippen molar-refractivity contribution in [1.82, 2.24) is 0 Å². The minimum Gasteiger partial charge on any atom is -0.309 e. The van der Waals surface area contributed by atoms with Crippen LogP contribution in [-0.4, -0.2) is 12.5 Å². The van der Waals surface area contributed by atoms with Gasteiger partial charge >= 0.3 is 0 Å². The third-order valence-electron chi connectivity index (χ3n) is 4.17. The molecule has 0 saturated heterocycles. The number of nitrogens with zero attached hydrogens (tertiary/aromatic N) is 1. The van der Waals surface area contributed by atoms with E-state index in [1.165, 1.54) is 12.5 Å². The number of hydrogen-bond donors (Lipinski definition) is 0. The Bertz CT molecular complexity index is 466. The van der Waals surface area contributed by atoms with Gasteiger partial charge in [0.25, 0.3) is 0 Å². The molecule has 2 nitrogen and oxygen atoms in total. The van der Waals surface area contributed by atoms with Gasteiger partial charge in [0.05, 0.1) is 5.69 Å². The van der Waals surface area contributed by atoms with E-state index >= 15 is 0 Å². The molecule has 1 aromatic rings. The predicted octanol–water partition coefficient (Wildman–Crippen LogP) is 3.30. The highest BCUT2D eigenvalue weighted by molar-refractivity contribution is 5.97. The van der Waals surface area contributed by atoms with E-state index in [0.717, 1.165) is 37.7 Å². The van der Waals surface area contributed by atoms with Crippen LogP contribution < -0.4 is 4.90 Å². The van der Waals surface area contributed by atoms with Gasteiger partial charge in [-0.2, -0.15) is 0 Å². The molecule has 3 rings (SSSR count). The first-order valence-corrected chi connectivity index (χ1v) is 6.86. The van der Waals surface area contributed by atoms with E-state index in [1.54, 1.807) is 11.0 Å². The first-order chi connectivity index (χ1) is 8.77. The molecule has 18 heavy (non-hydrogen) atoms. The van der Waals surface area contributed by atoms with Gasteiger partial charge in [-0.1, -0.05) is 31.4 Å². The molecule has 1 fully saturated rings. The van der Waals surface area contributed by atoms with Gasteiger partial charge in [0.15, 0.2) is 0 Å². The summed E-state index contributed by atoms with van der Waals surface area (Å²) < 4.78 is 13.9. The number of para-hydroxylation sites is 1. The quantitative estimate of drug-likeness (QED) is 0.745. The number of carbonyl (C=O) groups excluding carboxylic acids is 1. The topological polar surface area (TPSA) is 20.3 Å². The van der Waals surface area contributed by atoms with Gasteiger partial charge in [0.1, 0.15) is 5.82 Å². The van der Waals surface area contributed by atoms with Crippen molar-refractivity contribution >= 4 is 11.6 Å². The molecule has 0 bridgehead atoms. The molecule has 1 saturated carbocycles. The lowest BCUT2D eigenvalue weighted by molar-refractivity contribution is -0.123. The molecule has 0 radical (unpaired) electrons. The molecular weight excluding hydrogens is 229 g/mol. The average Bonchev–Trinajstić information content (AvgIpc) is 2.84. The minimum absolute atomic E-state index is 0.115. The molecule has 0 unspecified atom stereocenters. The van der Waals surface area contributed by atoms with Crippen LogP contribution >= 0.6 is 0 Å². The first-order valence-electron chi connectivity index (χ1n) is 6.86. The van der Waals surface area contributed by atoms with Crippen LogP contribution in [0.5, 0.6) is 0 Å². The second-order valence-electron chi connectivity index (χ2n) is 5.32. The number of benzene rings is 1. The standard InChI is InChI=1S/C15H18FNO/c16-13-8-4-7-11-9-10-17(14(11)13)15(18)12-5-2-1-3-6-12/h4,7-8,12H,1-3,5-6,9-10H2. The Hall–Kier alpha value is -1.38. The number of amides is 1. The molecule has 0 spiro atoms. The fraction of sp³-hybridized carbons (Fsp3) is 0.533. The fourth-order valence-corrected chi connectivity index (χ4v) is 3.20. The molecule has 0 atom stereocenters. The van der Waals surface area contributed by atoms with Crippen molar-refractivity contribution in [3.63, 3.8) is 0 Å². The van der Waals surface area contributed by atoms with Gasteiger partial charge in [-0.3, -0.25) is 4.79 Å². The van der Waals surface area contributed by atoms with Crippen LogP contribution in [-0.2, 0) is 11.2 Å². The summed E-state index contributed by atoms with van der Waals surface area (Å²) in [6.07, 6.45) is 6.22. The van der Waals surface area contributed by atoms with E-state index in [1.807, 2.05) is 6.07 Å². The summed E-state index contributed by atoms with van der Waals surface area (Å²) in [6.45, 7) is 0.644. The lowest BCUT2D eigenvalue weighted by Crippen LogP contribution is -2.36. The van der Waals surface area contributed by atoms with Crippen molar-refractivity contribution in [1.29, 1.82) is 0 Å². The van der Waals surface area contributed by atoms with Gasteiger partial charge in [-0.05, 0) is 30.9 Å². The molecule has 96 valence electrons. The average molecular weight is 247 g/mol. The monoisotopic (exact) mass is 247 g/mol. The van der Waals surface area contributed by atoms with E-state index < -0.39 is 0 Å². The summed E-state index contributed by atoms with van der Waals surface area (Å²) in [5, 5.41) is 0. The molecular formula is C15H18FNO. The van der Waals surface area contributed by atoms with Gasteiger partial charge in [-0.25, -0.2) is 4.39 Å². The van der Waals surface area contributed by atoms with Crippen molar-refractivity contribution < 1.29 is 9.18 Å². The van der Waals surface area contributed by atoms with Crippen LogP contribution in [0, 0.1) is 11.7 Å². The third-order valence-corrected chi connectivity index (χ3v) is 4.17. The van der Waals surface area contributed by atoms with Gasteiger partial charge in [-0.15, -0.1) is 0 Å². The molecule has 1 aromatic carbocycles. The van der Waals surface area contributed by atoms with Crippen LogP contribution in [0.1, 0.15) is 37.7 Å². The van der Waals surface area contributed by atoms with Crippen molar-refractivity contribution in [3.8, 4) is 0 Å². The normalized spacial score (nSPS) is 19.9. The largest absolute Gasteiger partial charge is 0.309 e. The van der Waals surface area contributed by atoms with E-state index in [-0.39, 0.29) is 17.6 Å². The number of rotatable bonds is 1. The van der Waals surface area contributed by atoms with Crippen molar-refractivity contribution in [2.45, 2.75) is 38.5 Å². The SMILES string of the molecule is O=C(C1CCCCC1)N1CCc2cccc(F)c21. The number of carbonyl (C=O) groups is 1. The number of anilines is 1. The lowest BCUT2D eigenvalue weighted by Gasteiger charge is -2.26. The Morgan fingerprint density at radius 3 is 2.78 bits per heavy atom. The van der Waals surface area contributed by atoms with E-state index in [2.05, 4.69) is 0 Å². The first kappa shape index (κ1) is 11.7. The van der Waals surface area contributed by atoms with Crippen molar-refractivity contribution in [2.75, 3.05) is 11.4 Å². The molecule has 2 aliphatic rings. The number of halogens is 1. The highest BCUT2D eigenvalue weighted by Crippen LogP contribution is 2.34. The van der Waals surface area contributed by atoms with Crippen LogP contribution in [0.4, 0.5) is 10.1 Å². The van der Waals surface area contributed by atoms with Crippen LogP contribution in [0.15, 0.2) is 18.2 Å². The third kappa shape index (κ3) is 1.92. The molecule has 1 aliphatic heterocycles. The molecule has 0 aromatic heterocycles. The second kappa shape index (κ2) is 4.71. The van der Waals surface area contributed by atoms with Crippen LogP contribution in [0.2, 0.25) is 0 Å². The Labute approximate surface area is 107 Å². The molecule has 1 aliphatic carbocycles. The molecule has 1 amide bonds.